The molecular weight excluding hydrogens is 248 g/mol. The number of rotatable bonds is 7. The fourth-order valence-electron chi connectivity index (χ4n) is 2.27. The van der Waals surface area contributed by atoms with Crippen molar-refractivity contribution in [2.45, 2.75) is 25.4 Å². The molecule has 0 unspecified atom stereocenters. The lowest BCUT2D eigenvalue weighted by Crippen LogP contribution is -2.30. The van der Waals surface area contributed by atoms with Crippen LogP contribution < -0.4 is 5.32 Å². The van der Waals surface area contributed by atoms with E-state index in [4.69, 9.17) is 0 Å². The second-order valence-electron chi connectivity index (χ2n) is 5.55. The summed E-state index contributed by atoms with van der Waals surface area (Å²) in [5, 5.41) is 8.17. The van der Waals surface area contributed by atoms with Gasteiger partial charge in [-0.1, -0.05) is 18.2 Å². The van der Waals surface area contributed by atoms with E-state index in [9.17, 15) is 0 Å². The van der Waals surface area contributed by atoms with Crippen molar-refractivity contribution in [2.75, 3.05) is 20.1 Å². The third kappa shape index (κ3) is 3.68. The van der Waals surface area contributed by atoms with E-state index < -0.39 is 0 Å². The van der Waals surface area contributed by atoms with E-state index in [1.807, 2.05) is 29.1 Å². The third-order valence-electron chi connectivity index (χ3n) is 3.60. The maximum absolute atomic E-state index is 4.63. The lowest BCUT2D eigenvalue weighted by Gasteiger charge is -2.15. The smallest absolute Gasteiger partial charge is 0.0769 e. The summed E-state index contributed by atoms with van der Waals surface area (Å²) in [5.41, 5.74) is 2.22. The predicted octanol–water partition coefficient (Wildman–Crippen LogP) is 2.06. The fourth-order valence-corrected chi connectivity index (χ4v) is 2.27. The Balaban J connectivity index is 1.51. The number of nitrogens with one attached hydrogen (secondary N) is 1. The zero-order chi connectivity index (χ0) is 13.8. The summed E-state index contributed by atoms with van der Waals surface area (Å²) >= 11 is 0. The lowest BCUT2D eigenvalue weighted by molar-refractivity contribution is 0.319. The summed E-state index contributed by atoms with van der Waals surface area (Å²) in [7, 11) is 2.15. The molecule has 1 saturated carbocycles. The normalized spacial score (nSPS) is 14.9. The minimum atomic E-state index is 0.792. The number of aromatic nitrogens is 2. The second kappa shape index (κ2) is 6.20. The highest BCUT2D eigenvalue weighted by Crippen LogP contribution is 2.18. The highest BCUT2D eigenvalue weighted by molar-refractivity contribution is 5.30. The zero-order valence-corrected chi connectivity index (χ0v) is 12.0. The topological polar surface area (TPSA) is 33.1 Å². The van der Waals surface area contributed by atoms with Crippen LogP contribution in [0.2, 0.25) is 0 Å². The van der Waals surface area contributed by atoms with Crippen LogP contribution in [-0.2, 0) is 6.54 Å². The minimum absolute atomic E-state index is 0.792. The molecule has 3 rings (SSSR count). The minimum Gasteiger partial charge on any atom is -0.313 e. The summed E-state index contributed by atoms with van der Waals surface area (Å²) in [6.07, 6.45) is 4.73. The van der Waals surface area contributed by atoms with Crippen LogP contribution in [0.15, 0.2) is 42.6 Å². The average Bonchev–Trinajstić information content (AvgIpc) is 3.17. The maximum atomic E-state index is 4.63. The monoisotopic (exact) mass is 270 g/mol. The molecule has 4 heteroatoms. The van der Waals surface area contributed by atoms with Gasteiger partial charge in [0.2, 0.25) is 0 Å². The van der Waals surface area contributed by atoms with Crippen LogP contribution in [0.1, 0.15) is 18.5 Å². The number of para-hydroxylation sites is 1. The van der Waals surface area contributed by atoms with Gasteiger partial charge >= 0.3 is 0 Å². The maximum Gasteiger partial charge on any atom is 0.0769 e. The summed E-state index contributed by atoms with van der Waals surface area (Å²) in [4.78, 5) is 2.31. The molecule has 1 aromatic carbocycles. The molecular formula is C16H22N4. The van der Waals surface area contributed by atoms with Crippen LogP contribution in [0.5, 0.6) is 0 Å². The van der Waals surface area contributed by atoms with Crippen molar-refractivity contribution in [3.63, 3.8) is 0 Å². The first-order chi connectivity index (χ1) is 9.81. The first-order valence-corrected chi connectivity index (χ1v) is 7.33. The number of benzene rings is 1. The van der Waals surface area contributed by atoms with Crippen LogP contribution in [0.25, 0.3) is 5.69 Å². The largest absolute Gasteiger partial charge is 0.313 e. The van der Waals surface area contributed by atoms with Gasteiger partial charge in [0.15, 0.2) is 0 Å². The molecule has 0 spiro atoms. The highest BCUT2D eigenvalue weighted by atomic mass is 15.3. The molecule has 1 aliphatic carbocycles. The molecule has 20 heavy (non-hydrogen) atoms. The Morgan fingerprint density at radius 1 is 1.25 bits per heavy atom. The Kier molecular flexibility index (Phi) is 4.14. The highest BCUT2D eigenvalue weighted by Gasteiger charge is 2.19. The fraction of sp³-hybridized carbons (Fsp3) is 0.438. The molecule has 1 aliphatic rings. The van der Waals surface area contributed by atoms with Gasteiger partial charge in [-0.2, -0.15) is 5.10 Å². The average molecular weight is 270 g/mol. The molecule has 106 valence electrons. The van der Waals surface area contributed by atoms with Crippen LogP contribution in [0.4, 0.5) is 0 Å². The van der Waals surface area contributed by atoms with Crippen molar-refractivity contribution < 1.29 is 0 Å². The summed E-state index contributed by atoms with van der Waals surface area (Å²) in [6, 6.07) is 13.1. The van der Waals surface area contributed by atoms with Crippen molar-refractivity contribution in [2.24, 2.45) is 0 Å². The van der Waals surface area contributed by atoms with E-state index in [0.717, 1.165) is 37.1 Å². The Morgan fingerprint density at radius 2 is 2.05 bits per heavy atom. The van der Waals surface area contributed by atoms with Gasteiger partial charge in [-0.05, 0) is 38.1 Å². The summed E-state index contributed by atoms with van der Waals surface area (Å²) in [5.74, 6) is 0. The summed E-state index contributed by atoms with van der Waals surface area (Å²) in [6.45, 7) is 3.03. The number of hydrogen-bond acceptors (Lipinski definition) is 3. The van der Waals surface area contributed by atoms with E-state index in [-0.39, 0.29) is 0 Å². The molecule has 1 heterocycles. The number of hydrogen-bond donors (Lipinski definition) is 1. The molecule has 4 nitrogen and oxygen atoms in total. The van der Waals surface area contributed by atoms with Crippen molar-refractivity contribution in [1.29, 1.82) is 0 Å². The van der Waals surface area contributed by atoms with Crippen molar-refractivity contribution >= 4 is 0 Å². The van der Waals surface area contributed by atoms with E-state index in [1.54, 1.807) is 0 Å². The van der Waals surface area contributed by atoms with E-state index in [2.05, 4.69) is 40.6 Å². The van der Waals surface area contributed by atoms with Gasteiger partial charge in [-0.25, -0.2) is 4.68 Å². The van der Waals surface area contributed by atoms with Crippen LogP contribution in [0.3, 0.4) is 0 Å². The Morgan fingerprint density at radius 3 is 2.80 bits per heavy atom. The molecule has 2 aromatic rings. The molecule has 1 N–H and O–H groups in total. The van der Waals surface area contributed by atoms with E-state index >= 15 is 0 Å². The SMILES string of the molecule is CN(CCNC1CC1)Cc1ccn(-c2ccccc2)n1. The lowest BCUT2D eigenvalue weighted by atomic mass is 10.3. The molecule has 1 fully saturated rings. The van der Waals surface area contributed by atoms with Crippen LogP contribution in [0, 0.1) is 0 Å². The molecule has 0 radical (unpaired) electrons. The van der Waals surface area contributed by atoms with Crippen LogP contribution in [-0.4, -0.2) is 40.9 Å². The van der Waals surface area contributed by atoms with Crippen LogP contribution >= 0.6 is 0 Å². The molecule has 0 amide bonds. The van der Waals surface area contributed by atoms with Gasteiger partial charge in [-0.15, -0.1) is 0 Å². The van der Waals surface area contributed by atoms with E-state index in [1.165, 1.54) is 12.8 Å². The molecule has 0 atom stereocenters. The zero-order valence-electron chi connectivity index (χ0n) is 12.0. The van der Waals surface area contributed by atoms with Crippen molar-refractivity contribution in [3.05, 3.63) is 48.3 Å². The Hall–Kier alpha value is -1.65. The standard InChI is InChI=1S/C16H22N4/c1-19(12-10-17-14-7-8-14)13-15-9-11-20(18-15)16-5-3-2-4-6-16/h2-6,9,11,14,17H,7-8,10,12-13H2,1H3. The first kappa shape index (κ1) is 13.3. The molecule has 0 saturated heterocycles. The first-order valence-electron chi connectivity index (χ1n) is 7.33. The van der Waals surface area contributed by atoms with E-state index in [0.29, 0.717) is 0 Å². The Labute approximate surface area is 120 Å². The van der Waals surface area contributed by atoms with Crippen molar-refractivity contribution in [1.82, 2.24) is 20.0 Å². The van der Waals surface area contributed by atoms with Gasteiger partial charge in [0.1, 0.15) is 0 Å². The number of likely N-dealkylation sites (N-methyl/N-ethyl adjacent to an activating group) is 1. The quantitative estimate of drug-likeness (QED) is 0.836. The molecule has 1 aromatic heterocycles. The predicted molar refractivity (Wildman–Crippen MR) is 80.9 cm³/mol. The third-order valence-corrected chi connectivity index (χ3v) is 3.60. The Bertz CT molecular complexity index is 530. The van der Waals surface area contributed by atoms with Gasteiger partial charge in [-0.3, -0.25) is 4.90 Å². The van der Waals surface area contributed by atoms with Gasteiger partial charge in [0, 0.05) is 31.9 Å². The van der Waals surface area contributed by atoms with Gasteiger partial charge in [0.25, 0.3) is 0 Å². The molecule has 0 bridgehead atoms. The van der Waals surface area contributed by atoms with Gasteiger partial charge in [0.05, 0.1) is 11.4 Å². The molecule has 0 aliphatic heterocycles. The summed E-state index contributed by atoms with van der Waals surface area (Å²) < 4.78 is 1.94. The second-order valence-corrected chi connectivity index (χ2v) is 5.55. The van der Waals surface area contributed by atoms with Crippen molar-refractivity contribution in [3.8, 4) is 5.69 Å². The van der Waals surface area contributed by atoms with Gasteiger partial charge < -0.3 is 5.32 Å². The number of nitrogens with zero attached hydrogens (tertiary/aromatic N) is 3.